The Labute approximate surface area is 109 Å². The molecule has 6 heteroatoms. The molecule has 96 valence electrons. The van der Waals surface area contributed by atoms with Crippen molar-refractivity contribution >= 4 is 12.6 Å². The number of nitrogens with one attached hydrogen (secondary N) is 1. The van der Waals surface area contributed by atoms with Gasteiger partial charge in [0.1, 0.15) is 11.9 Å². The molecule has 0 saturated carbocycles. The summed E-state index contributed by atoms with van der Waals surface area (Å²) in [7, 11) is 0. The molecule has 1 aromatic heterocycles. The van der Waals surface area contributed by atoms with Crippen LogP contribution in [0.3, 0.4) is 0 Å². The standard InChI is InChI=1S/C12H13FN2O2S/c13-8-3-1-7(2-4-8)11-9(5-14-15-11)12(17)10(16)6-18/h1-5,10,12,16-18H,6H2,(H,14,15). The highest BCUT2D eigenvalue weighted by Gasteiger charge is 2.22. The molecular weight excluding hydrogens is 255 g/mol. The van der Waals surface area contributed by atoms with Gasteiger partial charge >= 0.3 is 0 Å². The summed E-state index contributed by atoms with van der Waals surface area (Å²) in [6.45, 7) is 0. The van der Waals surface area contributed by atoms with Crippen molar-refractivity contribution < 1.29 is 14.6 Å². The lowest BCUT2D eigenvalue weighted by atomic mass is 10.0. The Morgan fingerprint density at radius 1 is 1.28 bits per heavy atom. The average Bonchev–Trinajstić information content (AvgIpc) is 2.87. The Balaban J connectivity index is 2.35. The third-order valence-corrected chi connectivity index (χ3v) is 3.05. The first-order valence-electron chi connectivity index (χ1n) is 5.39. The van der Waals surface area contributed by atoms with Crippen molar-refractivity contribution in [2.45, 2.75) is 12.2 Å². The summed E-state index contributed by atoms with van der Waals surface area (Å²) in [5.74, 6) is -0.203. The number of H-pyrrole nitrogens is 1. The van der Waals surface area contributed by atoms with E-state index >= 15 is 0 Å². The largest absolute Gasteiger partial charge is 0.389 e. The van der Waals surface area contributed by atoms with Gasteiger partial charge in [0.25, 0.3) is 0 Å². The topological polar surface area (TPSA) is 69.1 Å². The summed E-state index contributed by atoms with van der Waals surface area (Å²) in [5.41, 5.74) is 1.71. The van der Waals surface area contributed by atoms with Crippen molar-refractivity contribution in [2.24, 2.45) is 0 Å². The van der Waals surface area contributed by atoms with Gasteiger partial charge in [-0.2, -0.15) is 17.7 Å². The Morgan fingerprint density at radius 3 is 2.56 bits per heavy atom. The van der Waals surface area contributed by atoms with Crippen LogP contribution in [0.1, 0.15) is 11.7 Å². The lowest BCUT2D eigenvalue weighted by Gasteiger charge is -2.15. The van der Waals surface area contributed by atoms with Crippen LogP contribution in [0.4, 0.5) is 4.39 Å². The first-order valence-corrected chi connectivity index (χ1v) is 6.03. The molecule has 0 radical (unpaired) electrons. The molecule has 2 rings (SSSR count). The smallest absolute Gasteiger partial charge is 0.123 e. The molecule has 0 aliphatic rings. The molecule has 0 aliphatic carbocycles. The van der Waals surface area contributed by atoms with Crippen LogP contribution in [-0.2, 0) is 0 Å². The zero-order valence-corrected chi connectivity index (χ0v) is 10.3. The number of nitrogens with zero attached hydrogens (tertiary/aromatic N) is 1. The fourth-order valence-electron chi connectivity index (χ4n) is 1.67. The van der Waals surface area contributed by atoms with Gasteiger partial charge in [0.2, 0.25) is 0 Å². The SMILES string of the molecule is OC(CS)C(O)c1cn[nH]c1-c1ccc(F)cc1. The van der Waals surface area contributed by atoms with Gasteiger partial charge in [0, 0.05) is 16.9 Å². The number of aliphatic hydroxyl groups is 2. The third kappa shape index (κ3) is 2.55. The van der Waals surface area contributed by atoms with Crippen LogP contribution in [0.25, 0.3) is 11.3 Å². The summed E-state index contributed by atoms with van der Waals surface area (Å²) in [6, 6.07) is 5.79. The Kier molecular flexibility index (Phi) is 4.00. The molecule has 0 bridgehead atoms. The molecule has 18 heavy (non-hydrogen) atoms. The van der Waals surface area contributed by atoms with Crippen LogP contribution in [0.5, 0.6) is 0 Å². The number of rotatable bonds is 4. The van der Waals surface area contributed by atoms with Crippen molar-refractivity contribution in [1.29, 1.82) is 0 Å². The van der Waals surface area contributed by atoms with Gasteiger partial charge in [-0.1, -0.05) is 0 Å². The minimum atomic E-state index is -1.08. The van der Waals surface area contributed by atoms with Crippen LogP contribution >= 0.6 is 12.6 Å². The van der Waals surface area contributed by atoms with Crippen LogP contribution in [0.2, 0.25) is 0 Å². The molecule has 2 aromatic rings. The predicted octanol–water partition coefficient (Wildman–Crippen LogP) is 1.54. The molecule has 4 nitrogen and oxygen atoms in total. The van der Waals surface area contributed by atoms with E-state index in [0.29, 0.717) is 16.8 Å². The number of aromatic nitrogens is 2. The van der Waals surface area contributed by atoms with Crippen molar-refractivity contribution in [1.82, 2.24) is 10.2 Å². The molecule has 1 aromatic carbocycles. The lowest BCUT2D eigenvalue weighted by molar-refractivity contribution is 0.0341. The summed E-state index contributed by atoms with van der Waals surface area (Å²) >= 11 is 3.93. The molecule has 0 amide bonds. The Hall–Kier alpha value is -1.37. The van der Waals surface area contributed by atoms with E-state index in [1.165, 1.54) is 18.3 Å². The number of hydrogen-bond acceptors (Lipinski definition) is 4. The quantitative estimate of drug-likeness (QED) is 0.636. The average molecular weight is 268 g/mol. The van der Waals surface area contributed by atoms with Crippen LogP contribution < -0.4 is 0 Å². The van der Waals surface area contributed by atoms with Gasteiger partial charge in [-0.15, -0.1) is 0 Å². The maximum absolute atomic E-state index is 12.8. The fourth-order valence-corrected chi connectivity index (χ4v) is 1.87. The van der Waals surface area contributed by atoms with Crippen molar-refractivity contribution in [3.05, 3.63) is 41.8 Å². The number of aliphatic hydroxyl groups excluding tert-OH is 2. The van der Waals surface area contributed by atoms with E-state index < -0.39 is 12.2 Å². The van der Waals surface area contributed by atoms with Gasteiger partial charge in [0.05, 0.1) is 18.0 Å². The second kappa shape index (κ2) is 5.51. The van der Waals surface area contributed by atoms with E-state index in [1.807, 2.05) is 0 Å². The van der Waals surface area contributed by atoms with E-state index in [-0.39, 0.29) is 11.6 Å². The second-order valence-electron chi connectivity index (χ2n) is 3.90. The Bertz CT molecular complexity index is 515. The van der Waals surface area contributed by atoms with E-state index in [1.54, 1.807) is 12.1 Å². The molecule has 2 atom stereocenters. The van der Waals surface area contributed by atoms with E-state index in [0.717, 1.165) is 0 Å². The molecule has 0 saturated heterocycles. The third-order valence-electron chi connectivity index (χ3n) is 2.67. The predicted molar refractivity (Wildman–Crippen MR) is 68.8 cm³/mol. The summed E-state index contributed by atoms with van der Waals surface area (Å²) < 4.78 is 12.8. The van der Waals surface area contributed by atoms with Gasteiger partial charge in [-0.05, 0) is 24.3 Å². The molecular formula is C12H13FN2O2S. The summed E-state index contributed by atoms with van der Waals surface area (Å²) in [4.78, 5) is 0. The zero-order chi connectivity index (χ0) is 13.1. The summed E-state index contributed by atoms with van der Waals surface area (Å²) in [5, 5.41) is 26.1. The first-order chi connectivity index (χ1) is 8.63. The highest BCUT2D eigenvalue weighted by atomic mass is 32.1. The normalized spacial score (nSPS) is 14.4. The van der Waals surface area contributed by atoms with Crippen LogP contribution in [0.15, 0.2) is 30.5 Å². The zero-order valence-electron chi connectivity index (χ0n) is 9.42. The number of hydrogen-bond donors (Lipinski definition) is 4. The lowest BCUT2D eigenvalue weighted by Crippen LogP contribution is -2.19. The van der Waals surface area contributed by atoms with Crippen molar-refractivity contribution in [2.75, 3.05) is 5.75 Å². The highest BCUT2D eigenvalue weighted by Crippen LogP contribution is 2.28. The number of thiol groups is 1. The maximum atomic E-state index is 12.8. The van der Waals surface area contributed by atoms with Crippen molar-refractivity contribution in [3.8, 4) is 11.3 Å². The summed E-state index contributed by atoms with van der Waals surface area (Å²) in [6.07, 6.45) is -0.623. The minimum Gasteiger partial charge on any atom is -0.389 e. The minimum absolute atomic E-state index is 0.134. The maximum Gasteiger partial charge on any atom is 0.123 e. The van der Waals surface area contributed by atoms with Crippen LogP contribution in [0, 0.1) is 5.82 Å². The molecule has 0 aliphatic heterocycles. The number of aromatic amines is 1. The molecule has 0 fully saturated rings. The number of halogens is 1. The fraction of sp³-hybridized carbons (Fsp3) is 0.250. The van der Waals surface area contributed by atoms with E-state index in [9.17, 15) is 14.6 Å². The molecule has 2 unspecified atom stereocenters. The monoisotopic (exact) mass is 268 g/mol. The first kappa shape index (κ1) is 13.1. The molecule has 0 spiro atoms. The van der Waals surface area contributed by atoms with Crippen molar-refractivity contribution in [3.63, 3.8) is 0 Å². The highest BCUT2D eigenvalue weighted by molar-refractivity contribution is 7.80. The van der Waals surface area contributed by atoms with Gasteiger partial charge in [-0.25, -0.2) is 4.39 Å². The van der Waals surface area contributed by atoms with Gasteiger partial charge in [-0.3, -0.25) is 5.10 Å². The van der Waals surface area contributed by atoms with Gasteiger partial charge < -0.3 is 10.2 Å². The van der Waals surface area contributed by atoms with Crippen LogP contribution in [-0.4, -0.2) is 32.3 Å². The number of benzene rings is 1. The molecule has 1 heterocycles. The Morgan fingerprint density at radius 2 is 1.94 bits per heavy atom. The molecule has 3 N–H and O–H groups in total. The van der Waals surface area contributed by atoms with E-state index in [4.69, 9.17) is 0 Å². The second-order valence-corrected chi connectivity index (χ2v) is 4.27. The van der Waals surface area contributed by atoms with E-state index in [2.05, 4.69) is 22.8 Å². The van der Waals surface area contributed by atoms with Gasteiger partial charge in [0.15, 0.2) is 0 Å².